The molecule has 1 rings (SSSR count). The minimum absolute atomic E-state index is 0. The fourth-order valence-corrected chi connectivity index (χ4v) is 0.778. The summed E-state index contributed by atoms with van der Waals surface area (Å²) in [6.07, 6.45) is -1.41. The maximum absolute atomic E-state index is 10.2. The number of aliphatic hydroxyl groups excluding tert-OH is 1. The van der Waals surface area contributed by atoms with Gasteiger partial charge in [-0.05, 0) is 5.56 Å². The van der Waals surface area contributed by atoms with Crippen LogP contribution in [0, 0.1) is 0 Å². The zero-order chi connectivity index (χ0) is 8.27. The molecule has 0 saturated carbocycles. The molecule has 12 heavy (non-hydrogen) atoms. The van der Waals surface area contributed by atoms with Crippen LogP contribution in [0.3, 0.4) is 0 Å². The fraction of sp³-hybridized carbons (Fsp3) is 0.125. The molecule has 0 fully saturated rings. The van der Waals surface area contributed by atoms with E-state index in [1.54, 1.807) is 30.3 Å². The summed E-state index contributed by atoms with van der Waals surface area (Å²) in [7, 11) is 0. The molecule has 0 radical (unpaired) electrons. The zero-order valence-electron chi connectivity index (χ0n) is 5.77. The van der Waals surface area contributed by atoms with Crippen LogP contribution in [-0.2, 0) is 4.79 Å². The van der Waals surface area contributed by atoms with Crippen LogP contribution in [0.15, 0.2) is 30.3 Å². The van der Waals surface area contributed by atoms with Crippen molar-refractivity contribution in [3.8, 4) is 0 Å². The topological polar surface area (TPSA) is 57.5 Å². The molecule has 1 aromatic rings. The van der Waals surface area contributed by atoms with Gasteiger partial charge in [-0.2, -0.15) is 0 Å². The van der Waals surface area contributed by atoms with E-state index < -0.39 is 12.1 Å². The summed E-state index contributed by atoms with van der Waals surface area (Å²) < 4.78 is 0. The van der Waals surface area contributed by atoms with Crippen LogP contribution in [-0.4, -0.2) is 36.0 Å². The third kappa shape index (κ3) is 2.73. The van der Waals surface area contributed by atoms with Crippen LogP contribution in [0.2, 0.25) is 0 Å². The van der Waals surface area contributed by atoms with Crippen LogP contribution < -0.4 is 0 Å². The van der Waals surface area contributed by atoms with Gasteiger partial charge in [-0.25, -0.2) is 4.79 Å². The van der Waals surface area contributed by atoms with Gasteiger partial charge in [0, 0.05) is 0 Å². The minimum atomic E-state index is -1.41. The average molecular weight is 225 g/mol. The quantitative estimate of drug-likeness (QED) is 0.674. The molecule has 0 aliphatic rings. The van der Waals surface area contributed by atoms with Crippen molar-refractivity contribution in [3.63, 3.8) is 0 Å². The van der Waals surface area contributed by atoms with Crippen molar-refractivity contribution >= 4 is 25.8 Å². The van der Waals surface area contributed by atoms with Gasteiger partial charge in [0.15, 0.2) is 6.10 Å². The van der Waals surface area contributed by atoms with E-state index in [1.165, 1.54) is 0 Å². The summed E-state index contributed by atoms with van der Waals surface area (Å²) in [6, 6.07) is 8.26. The first-order chi connectivity index (χ1) is 5.22. The number of aliphatic carboxylic acids is 1. The van der Waals surface area contributed by atoms with E-state index in [9.17, 15) is 4.79 Å². The molecule has 0 bridgehead atoms. The normalized spacial score (nSPS) is 11.4. The molecule has 0 spiro atoms. The van der Waals surface area contributed by atoms with Gasteiger partial charge in [-0.1, -0.05) is 30.3 Å². The second-order valence-electron chi connectivity index (χ2n) is 2.15. The first kappa shape index (κ1) is 11.3. The van der Waals surface area contributed by atoms with E-state index in [1.807, 2.05) is 0 Å². The van der Waals surface area contributed by atoms with E-state index in [0.29, 0.717) is 5.56 Å². The van der Waals surface area contributed by atoms with E-state index in [0.717, 1.165) is 0 Å². The van der Waals surface area contributed by atoms with Crippen LogP contribution in [0.1, 0.15) is 11.7 Å². The second kappa shape index (κ2) is 5.03. The number of aliphatic hydroxyl groups is 1. The van der Waals surface area contributed by atoms with E-state index in [-0.39, 0.29) is 19.8 Å². The first-order valence-corrected chi connectivity index (χ1v) is 3.17. The Balaban J connectivity index is 0.00000121. The van der Waals surface area contributed by atoms with Crippen molar-refractivity contribution in [2.75, 3.05) is 0 Å². The third-order valence-corrected chi connectivity index (χ3v) is 1.35. The molecule has 1 unspecified atom stereocenters. The number of carboxylic acid groups (broad SMARTS) is 1. The third-order valence-electron chi connectivity index (χ3n) is 1.35. The summed E-state index contributed by atoms with van der Waals surface area (Å²) in [5.41, 5.74) is 0.403. The Labute approximate surface area is 83.1 Å². The number of carbonyl (C=O) groups is 1. The Morgan fingerprint density at radius 1 is 1.25 bits per heavy atom. The molecular weight excluding hydrogens is 214 g/mol. The van der Waals surface area contributed by atoms with Crippen molar-refractivity contribution in [1.82, 2.24) is 0 Å². The number of hydrogen-bond acceptors (Lipinski definition) is 2. The summed E-state index contributed by atoms with van der Waals surface area (Å²) >= 11 is 0. The molecule has 0 aromatic heterocycles. The molecule has 64 valence electrons. The van der Waals surface area contributed by atoms with Gasteiger partial charge >= 0.3 is 25.8 Å². The number of rotatable bonds is 2. The number of hydrogen-bond donors (Lipinski definition) is 2. The molecule has 0 amide bonds. The van der Waals surface area contributed by atoms with E-state index >= 15 is 0 Å². The van der Waals surface area contributed by atoms with Gasteiger partial charge in [0.2, 0.25) is 0 Å². The fourth-order valence-electron chi connectivity index (χ4n) is 0.778. The summed E-state index contributed by atoms with van der Waals surface area (Å²) in [5.74, 6) is -1.23. The van der Waals surface area contributed by atoms with Crippen LogP contribution in [0.25, 0.3) is 0 Å². The second-order valence-corrected chi connectivity index (χ2v) is 2.15. The molecule has 0 heterocycles. The summed E-state index contributed by atoms with van der Waals surface area (Å²) in [5, 5.41) is 17.4. The molecule has 0 saturated heterocycles. The molecule has 4 heteroatoms. The molecular formula is C8H11GaO3. The molecule has 3 nitrogen and oxygen atoms in total. The van der Waals surface area contributed by atoms with Crippen LogP contribution in [0.5, 0.6) is 0 Å². The van der Waals surface area contributed by atoms with Gasteiger partial charge in [0.1, 0.15) is 0 Å². The molecule has 1 aromatic carbocycles. The molecule has 0 aliphatic heterocycles. The van der Waals surface area contributed by atoms with Gasteiger partial charge in [-0.15, -0.1) is 0 Å². The summed E-state index contributed by atoms with van der Waals surface area (Å²) in [6.45, 7) is 0. The first-order valence-electron chi connectivity index (χ1n) is 3.17. The van der Waals surface area contributed by atoms with Gasteiger partial charge in [0.25, 0.3) is 0 Å². The Morgan fingerprint density at radius 3 is 2.17 bits per heavy atom. The zero-order valence-corrected chi connectivity index (χ0v) is 5.77. The van der Waals surface area contributed by atoms with Crippen LogP contribution in [0.4, 0.5) is 0 Å². The van der Waals surface area contributed by atoms with Crippen LogP contribution >= 0.6 is 0 Å². The Morgan fingerprint density at radius 2 is 1.75 bits per heavy atom. The van der Waals surface area contributed by atoms with E-state index in [4.69, 9.17) is 10.2 Å². The van der Waals surface area contributed by atoms with Gasteiger partial charge < -0.3 is 10.2 Å². The average Bonchev–Trinajstić information content (AvgIpc) is 2.05. The maximum atomic E-state index is 10.2. The SMILES string of the molecule is O=C(O)C(O)c1ccccc1.[GaH3]. The molecule has 0 aliphatic carbocycles. The van der Waals surface area contributed by atoms with Crippen molar-refractivity contribution in [1.29, 1.82) is 0 Å². The standard InChI is InChI=1S/C8H8O3.Ga.3H/c9-7(8(10)11)6-4-2-1-3-5-6;;;;/h1-5,7,9H,(H,10,11);;;;. The predicted molar refractivity (Wildman–Crippen MR) is 49.0 cm³/mol. The number of carboxylic acids is 1. The number of benzene rings is 1. The Hall–Kier alpha value is -0.714. The Kier molecular flexibility index (Phi) is 4.73. The predicted octanol–water partition coefficient (Wildman–Crippen LogP) is -0.379. The summed E-state index contributed by atoms with van der Waals surface area (Å²) in [4.78, 5) is 10.2. The Bertz CT molecular complexity index is 248. The molecule has 2 N–H and O–H groups in total. The van der Waals surface area contributed by atoms with Crippen molar-refractivity contribution < 1.29 is 15.0 Å². The van der Waals surface area contributed by atoms with Crippen molar-refractivity contribution in [2.45, 2.75) is 6.10 Å². The monoisotopic (exact) mass is 224 g/mol. The molecule has 1 atom stereocenters. The van der Waals surface area contributed by atoms with Gasteiger partial charge in [-0.3, -0.25) is 0 Å². The van der Waals surface area contributed by atoms with E-state index in [2.05, 4.69) is 0 Å². The van der Waals surface area contributed by atoms with Crippen molar-refractivity contribution in [2.24, 2.45) is 0 Å². The van der Waals surface area contributed by atoms with Crippen molar-refractivity contribution in [3.05, 3.63) is 35.9 Å². The van der Waals surface area contributed by atoms with Gasteiger partial charge in [0.05, 0.1) is 0 Å².